The van der Waals surface area contributed by atoms with Crippen molar-refractivity contribution >= 4 is 16.0 Å². The Hall–Kier alpha value is -2.00. The van der Waals surface area contributed by atoms with Crippen LogP contribution in [0.25, 0.3) is 0 Å². The van der Waals surface area contributed by atoms with Crippen molar-refractivity contribution in [3.05, 3.63) is 29.8 Å². The fraction of sp³-hybridized carbons (Fsp3) is 0.364. The molecule has 0 aliphatic rings. The van der Waals surface area contributed by atoms with Crippen molar-refractivity contribution in [2.45, 2.75) is 18.4 Å². The van der Waals surface area contributed by atoms with Gasteiger partial charge in [0.25, 0.3) is 16.0 Å². The van der Waals surface area contributed by atoms with E-state index in [-0.39, 0.29) is 10.8 Å². The van der Waals surface area contributed by atoms with E-state index in [2.05, 4.69) is 25.4 Å². The molecule has 0 bridgehead atoms. The van der Waals surface area contributed by atoms with Gasteiger partial charge in [-0.1, -0.05) is 24.2 Å². The summed E-state index contributed by atoms with van der Waals surface area (Å²) in [4.78, 5) is 1.34. The van der Waals surface area contributed by atoms with Crippen LogP contribution in [0.4, 0.5) is 5.95 Å². The zero-order valence-corrected chi connectivity index (χ0v) is 12.1. The summed E-state index contributed by atoms with van der Waals surface area (Å²) in [7, 11) is -2.13. The van der Waals surface area contributed by atoms with E-state index < -0.39 is 10.0 Å². The molecule has 1 aromatic heterocycles. The summed E-state index contributed by atoms with van der Waals surface area (Å²) in [5.74, 6) is -0.0516. The Morgan fingerprint density at radius 3 is 2.50 bits per heavy atom. The van der Waals surface area contributed by atoms with Crippen LogP contribution in [0.15, 0.2) is 29.2 Å². The number of aryl methyl sites for hydroxylation is 1. The van der Waals surface area contributed by atoms with Crippen molar-refractivity contribution in [3.63, 3.8) is 0 Å². The minimum absolute atomic E-state index is 0.0516. The summed E-state index contributed by atoms with van der Waals surface area (Å²) < 4.78 is 26.5. The summed E-state index contributed by atoms with van der Waals surface area (Å²) in [6.45, 7) is 3.58. The van der Waals surface area contributed by atoms with Gasteiger partial charge in [0.2, 0.25) is 0 Å². The zero-order valence-electron chi connectivity index (χ0n) is 11.2. The summed E-state index contributed by atoms with van der Waals surface area (Å²) in [5.41, 5.74) is 1.02. The van der Waals surface area contributed by atoms with Crippen molar-refractivity contribution in [2.75, 3.05) is 11.3 Å². The Kier molecular flexibility index (Phi) is 4.30. The average molecular weight is 296 g/mol. The number of hydrogen-bond acceptors (Lipinski definition) is 6. The molecule has 0 saturated carbocycles. The van der Waals surface area contributed by atoms with Gasteiger partial charge >= 0.3 is 0 Å². The van der Waals surface area contributed by atoms with E-state index in [1.165, 1.54) is 4.80 Å². The number of nitrogens with zero attached hydrogens (tertiary/aromatic N) is 4. The fourth-order valence-electron chi connectivity index (χ4n) is 1.56. The smallest absolute Gasteiger partial charge is 0.277 e. The Labute approximate surface area is 117 Å². The van der Waals surface area contributed by atoms with Crippen LogP contribution in [0.5, 0.6) is 0 Å². The van der Waals surface area contributed by atoms with Crippen LogP contribution >= 0.6 is 0 Å². The van der Waals surface area contributed by atoms with Gasteiger partial charge in [-0.15, -0.1) is 5.10 Å². The predicted octanol–water partition coefficient (Wildman–Crippen LogP) is 0.120. The molecule has 0 atom stereocenters. The minimum Gasteiger partial charge on any atom is -0.313 e. The zero-order chi connectivity index (χ0) is 14.6. The lowest BCUT2D eigenvalue weighted by Crippen LogP contribution is -2.15. The molecule has 2 rings (SSSR count). The van der Waals surface area contributed by atoms with Crippen LogP contribution in [-0.4, -0.2) is 35.2 Å². The summed E-state index contributed by atoms with van der Waals surface area (Å²) in [5, 5.41) is 14.1. The van der Waals surface area contributed by atoms with Crippen LogP contribution in [0.2, 0.25) is 0 Å². The monoisotopic (exact) mass is 296 g/mol. The first-order chi connectivity index (χ1) is 9.51. The molecule has 0 fully saturated rings. The number of anilines is 1. The van der Waals surface area contributed by atoms with Gasteiger partial charge in [0.1, 0.15) is 0 Å². The quantitative estimate of drug-likeness (QED) is 0.785. The number of nitrogens with one attached hydrogen (secondary N) is 2. The van der Waals surface area contributed by atoms with Gasteiger partial charge in [-0.2, -0.15) is 4.80 Å². The molecule has 9 heteroatoms. The Balaban J connectivity index is 2.13. The molecule has 0 unspecified atom stereocenters. The Morgan fingerprint density at radius 1 is 1.25 bits per heavy atom. The molecule has 2 N–H and O–H groups in total. The van der Waals surface area contributed by atoms with E-state index in [0.717, 1.165) is 12.1 Å². The third kappa shape index (κ3) is 3.52. The van der Waals surface area contributed by atoms with Crippen molar-refractivity contribution in [3.8, 4) is 0 Å². The molecular weight excluding hydrogens is 280 g/mol. The molecule has 8 nitrogen and oxygen atoms in total. The molecule has 1 aromatic carbocycles. The lowest BCUT2D eigenvalue weighted by Gasteiger charge is -2.06. The maximum absolute atomic E-state index is 12.1. The highest BCUT2D eigenvalue weighted by molar-refractivity contribution is 7.92. The molecule has 1 heterocycles. The fourth-order valence-corrected chi connectivity index (χ4v) is 2.49. The Morgan fingerprint density at radius 2 is 1.95 bits per heavy atom. The first-order valence-electron chi connectivity index (χ1n) is 6.08. The summed E-state index contributed by atoms with van der Waals surface area (Å²) in [6.07, 6.45) is 0. The third-order valence-electron chi connectivity index (χ3n) is 2.55. The van der Waals surface area contributed by atoms with Crippen molar-refractivity contribution in [2.24, 2.45) is 7.05 Å². The number of benzene rings is 1. The highest BCUT2D eigenvalue weighted by Crippen LogP contribution is 2.13. The number of tetrazole rings is 1. The number of rotatable bonds is 6. The standard InChI is InChI=1S/C11H16N6O2S/c1-3-12-8-9-4-6-10(7-5-9)20(18,19)15-11-13-16-17(2)14-11/h4-7,12H,3,8H2,1-2H3,(H,14,15). The molecule has 0 saturated heterocycles. The molecule has 2 aromatic rings. The highest BCUT2D eigenvalue weighted by Gasteiger charge is 2.16. The maximum atomic E-state index is 12.1. The van der Waals surface area contributed by atoms with Crippen LogP contribution < -0.4 is 10.0 Å². The molecule has 0 spiro atoms. The van der Waals surface area contributed by atoms with Gasteiger partial charge in [0.05, 0.1) is 11.9 Å². The van der Waals surface area contributed by atoms with E-state index in [9.17, 15) is 8.42 Å². The van der Waals surface area contributed by atoms with Crippen molar-refractivity contribution < 1.29 is 8.42 Å². The lowest BCUT2D eigenvalue weighted by molar-refractivity contribution is 0.600. The highest BCUT2D eigenvalue weighted by atomic mass is 32.2. The molecule has 20 heavy (non-hydrogen) atoms. The van der Waals surface area contributed by atoms with Gasteiger partial charge in [0, 0.05) is 6.54 Å². The lowest BCUT2D eigenvalue weighted by atomic mass is 10.2. The van der Waals surface area contributed by atoms with Crippen LogP contribution in [-0.2, 0) is 23.6 Å². The van der Waals surface area contributed by atoms with Crippen molar-refractivity contribution in [1.29, 1.82) is 0 Å². The molecule has 0 amide bonds. The van der Waals surface area contributed by atoms with E-state index >= 15 is 0 Å². The van der Waals surface area contributed by atoms with Crippen LogP contribution in [0.3, 0.4) is 0 Å². The predicted molar refractivity (Wildman–Crippen MR) is 73.4 cm³/mol. The Bertz CT molecular complexity index is 664. The van der Waals surface area contributed by atoms with Crippen LogP contribution in [0.1, 0.15) is 12.5 Å². The first-order valence-corrected chi connectivity index (χ1v) is 7.56. The van der Waals surface area contributed by atoms with E-state index in [1.54, 1.807) is 31.3 Å². The number of sulfonamides is 1. The third-order valence-corrected chi connectivity index (χ3v) is 3.89. The molecule has 0 aliphatic carbocycles. The molecule has 0 aliphatic heterocycles. The van der Waals surface area contributed by atoms with E-state index in [0.29, 0.717) is 6.54 Å². The second-order valence-corrected chi connectivity index (χ2v) is 5.81. The molecule has 0 radical (unpaired) electrons. The number of hydrogen-bond donors (Lipinski definition) is 2. The summed E-state index contributed by atoms with van der Waals surface area (Å²) in [6, 6.07) is 6.62. The largest absolute Gasteiger partial charge is 0.313 e. The SMILES string of the molecule is CCNCc1ccc(S(=O)(=O)Nc2nnn(C)n2)cc1. The van der Waals surface area contributed by atoms with E-state index in [4.69, 9.17) is 0 Å². The van der Waals surface area contributed by atoms with Gasteiger partial charge in [-0.05, 0) is 29.5 Å². The normalized spacial score (nSPS) is 11.5. The van der Waals surface area contributed by atoms with E-state index in [1.807, 2.05) is 6.92 Å². The molecule has 108 valence electrons. The van der Waals surface area contributed by atoms with Gasteiger partial charge in [0.15, 0.2) is 0 Å². The summed E-state index contributed by atoms with van der Waals surface area (Å²) >= 11 is 0. The first kappa shape index (κ1) is 14.4. The molecular formula is C11H16N6O2S. The average Bonchev–Trinajstić information content (AvgIpc) is 2.81. The van der Waals surface area contributed by atoms with Gasteiger partial charge < -0.3 is 5.32 Å². The van der Waals surface area contributed by atoms with Gasteiger partial charge in [-0.3, -0.25) is 0 Å². The minimum atomic E-state index is -3.69. The topological polar surface area (TPSA) is 102 Å². The maximum Gasteiger partial charge on any atom is 0.277 e. The second kappa shape index (κ2) is 5.97. The van der Waals surface area contributed by atoms with Gasteiger partial charge in [-0.25, -0.2) is 13.1 Å². The van der Waals surface area contributed by atoms with Crippen molar-refractivity contribution in [1.82, 2.24) is 25.5 Å². The second-order valence-electron chi connectivity index (χ2n) is 4.13. The number of aromatic nitrogens is 4. The van der Waals surface area contributed by atoms with Crippen LogP contribution in [0, 0.1) is 0 Å².